The molecule has 3 rings (SSSR count). The van der Waals surface area contributed by atoms with Gasteiger partial charge in [-0.3, -0.25) is 9.59 Å². The minimum Gasteiger partial charge on any atom is -0.480 e. The summed E-state index contributed by atoms with van der Waals surface area (Å²) in [4.78, 5) is 25.8. The van der Waals surface area contributed by atoms with E-state index in [0.29, 0.717) is 0 Å². The number of carbonyl (C=O) groups is 2. The monoisotopic (exact) mass is 287 g/mol. The first-order chi connectivity index (χ1) is 10.1. The molecule has 4 nitrogen and oxygen atoms in total. The number of carboxylic acids is 1. The minimum atomic E-state index is -0.917. The molecule has 0 aliphatic heterocycles. The van der Waals surface area contributed by atoms with Gasteiger partial charge in [0.05, 0.1) is 5.41 Å². The van der Waals surface area contributed by atoms with Crippen LogP contribution in [0.5, 0.6) is 0 Å². The fraction of sp³-hybridized carbons (Fsp3) is 0.529. The van der Waals surface area contributed by atoms with Gasteiger partial charge < -0.3 is 10.0 Å². The zero-order valence-electron chi connectivity index (χ0n) is 12.1. The number of amides is 1. The molecule has 0 heterocycles. The first-order valence-corrected chi connectivity index (χ1v) is 7.72. The van der Waals surface area contributed by atoms with Crippen molar-refractivity contribution in [1.82, 2.24) is 4.90 Å². The van der Waals surface area contributed by atoms with E-state index in [9.17, 15) is 9.59 Å². The molecule has 1 aromatic rings. The summed E-state index contributed by atoms with van der Waals surface area (Å²) in [5.74, 6) is -0.901. The number of benzene rings is 1. The molecular formula is C17H21NO3. The van der Waals surface area contributed by atoms with Gasteiger partial charge >= 0.3 is 5.97 Å². The summed E-state index contributed by atoms with van der Waals surface area (Å²) in [6, 6.07) is 9.90. The molecule has 1 N–H and O–H groups in total. The smallest absolute Gasteiger partial charge is 0.323 e. The van der Waals surface area contributed by atoms with Gasteiger partial charge in [-0.2, -0.15) is 0 Å². The second-order valence-electron chi connectivity index (χ2n) is 6.21. The van der Waals surface area contributed by atoms with Crippen molar-refractivity contribution in [2.75, 3.05) is 6.54 Å². The molecule has 1 amide bonds. The van der Waals surface area contributed by atoms with Gasteiger partial charge in [-0.05, 0) is 31.2 Å². The Morgan fingerprint density at radius 1 is 1.14 bits per heavy atom. The lowest BCUT2D eigenvalue weighted by molar-refractivity contribution is -0.147. The van der Waals surface area contributed by atoms with Crippen molar-refractivity contribution in [3.8, 4) is 0 Å². The molecule has 0 unspecified atom stereocenters. The van der Waals surface area contributed by atoms with Crippen LogP contribution in [-0.2, 0) is 15.0 Å². The third-order valence-electron chi connectivity index (χ3n) is 4.82. The molecule has 0 atom stereocenters. The Kier molecular flexibility index (Phi) is 3.70. The van der Waals surface area contributed by atoms with Gasteiger partial charge in [0.15, 0.2) is 0 Å². The average molecular weight is 287 g/mol. The fourth-order valence-electron chi connectivity index (χ4n) is 3.51. The van der Waals surface area contributed by atoms with Gasteiger partial charge in [-0.25, -0.2) is 0 Å². The van der Waals surface area contributed by atoms with Gasteiger partial charge in [-0.1, -0.05) is 43.2 Å². The quantitative estimate of drug-likeness (QED) is 0.905. The van der Waals surface area contributed by atoms with Crippen LogP contribution in [0.3, 0.4) is 0 Å². The molecule has 0 aromatic heterocycles. The Morgan fingerprint density at radius 2 is 1.76 bits per heavy atom. The van der Waals surface area contributed by atoms with Crippen molar-refractivity contribution < 1.29 is 14.7 Å². The standard InChI is InChI=1S/C17H21NO3/c19-15(20)12-18(14-8-4-5-9-14)16(21)17(10-11-17)13-6-2-1-3-7-13/h1-3,6-7,14H,4-5,8-12H2,(H,19,20). The van der Waals surface area contributed by atoms with Gasteiger partial charge in [-0.15, -0.1) is 0 Å². The van der Waals surface area contributed by atoms with Gasteiger partial charge in [0, 0.05) is 6.04 Å². The second kappa shape index (κ2) is 5.51. The van der Waals surface area contributed by atoms with Crippen molar-refractivity contribution in [3.63, 3.8) is 0 Å². The van der Waals surface area contributed by atoms with Crippen molar-refractivity contribution in [2.24, 2.45) is 0 Å². The van der Waals surface area contributed by atoms with Crippen LogP contribution in [0.2, 0.25) is 0 Å². The maximum Gasteiger partial charge on any atom is 0.323 e. The van der Waals surface area contributed by atoms with Crippen LogP contribution in [0.4, 0.5) is 0 Å². The number of hydrogen-bond acceptors (Lipinski definition) is 2. The summed E-state index contributed by atoms with van der Waals surface area (Å²) in [7, 11) is 0. The number of hydrogen-bond donors (Lipinski definition) is 1. The molecule has 21 heavy (non-hydrogen) atoms. The summed E-state index contributed by atoms with van der Waals surface area (Å²) in [6.07, 6.45) is 5.71. The fourth-order valence-corrected chi connectivity index (χ4v) is 3.51. The van der Waals surface area contributed by atoms with Crippen LogP contribution < -0.4 is 0 Å². The number of aliphatic carboxylic acids is 1. The topological polar surface area (TPSA) is 57.6 Å². The molecule has 1 aromatic carbocycles. The van der Waals surface area contributed by atoms with Crippen LogP contribution in [0.1, 0.15) is 44.1 Å². The first kappa shape index (κ1) is 14.1. The largest absolute Gasteiger partial charge is 0.480 e. The Balaban J connectivity index is 1.85. The summed E-state index contributed by atoms with van der Waals surface area (Å²) < 4.78 is 0. The lowest BCUT2D eigenvalue weighted by Crippen LogP contribution is -2.47. The molecule has 2 aliphatic carbocycles. The van der Waals surface area contributed by atoms with Crippen LogP contribution in [0, 0.1) is 0 Å². The van der Waals surface area contributed by atoms with E-state index in [-0.39, 0.29) is 18.5 Å². The first-order valence-electron chi connectivity index (χ1n) is 7.72. The van der Waals surface area contributed by atoms with Crippen molar-refractivity contribution >= 4 is 11.9 Å². The van der Waals surface area contributed by atoms with E-state index in [2.05, 4.69) is 0 Å². The van der Waals surface area contributed by atoms with E-state index in [0.717, 1.165) is 44.1 Å². The third-order valence-corrected chi connectivity index (χ3v) is 4.82. The molecule has 0 spiro atoms. The normalized spacial score (nSPS) is 20.2. The van der Waals surface area contributed by atoms with Crippen LogP contribution in [-0.4, -0.2) is 34.5 Å². The molecule has 0 saturated heterocycles. The van der Waals surface area contributed by atoms with Gasteiger partial charge in [0.2, 0.25) is 5.91 Å². The van der Waals surface area contributed by atoms with E-state index < -0.39 is 11.4 Å². The van der Waals surface area contributed by atoms with Crippen molar-refractivity contribution in [2.45, 2.75) is 50.0 Å². The highest BCUT2D eigenvalue weighted by atomic mass is 16.4. The molecular weight excluding hydrogens is 266 g/mol. The summed E-state index contributed by atoms with van der Waals surface area (Å²) in [5.41, 5.74) is 0.572. The summed E-state index contributed by atoms with van der Waals surface area (Å²) in [6.45, 7) is -0.169. The number of carbonyl (C=O) groups excluding carboxylic acids is 1. The molecule has 2 fully saturated rings. The lowest BCUT2D eigenvalue weighted by Gasteiger charge is -2.31. The van der Waals surface area contributed by atoms with Crippen LogP contribution in [0.15, 0.2) is 30.3 Å². The molecule has 112 valence electrons. The molecule has 2 aliphatic rings. The molecule has 4 heteroatoms. The average Bonchev–Trinajstić information content (AvgIpc) is 3.13. The zero-order valence-corrected chi connectivity index (χ0v) is 12.1. The number of carboxylic acid groups (broad SMARTS) is 1. The predicted molar refractivity (Wildman–Crippen MR) is 79.0 cm³/mol. The highest BCUT2D eigenvalue weighted by molar-refractivity contribution is 5.93. The summed E-state index contributed by atoms with van der Waals surface area (Å²) in [5, 5.41) is 9.16. The zero-order chi connectivity index (χ0) is 14.9. The van der Waals surface area contributed by atoms with Gasteiger partial charge in [0.25, 0.3) is 0 Å². The van der Waals surface area contributed by atoms with Crippen molar-refractivity contribution in [1.29, 1.82) is 0 Å². The molecule has 0 radical (unpaired) electrons. The Hall–Kier alpha value is -1.84. The maximum absolute atomic E-state index is 13.0. The SMILES string of the molecule is O=C(O)CN(C(=O)C1(c2ccccc2)CC1)C1CCCC1. The van der Waals surface area contributed by atoms with E-state index in [1.54, 1.807) is 4.90 Å². The minimum absolute atomic E-state index is 0.0167. The lowest BCUT2D eigenvalue weighted by atomic mass is 9.93. The van der Waals surface area contributed by atoms with Crippen LogP contribution in [0.25, 0.3) is 0 Å². The number of rotatable bonds is 5. The van der Waals surface area contributed by atoms with Gasteiger partial charge in [0.1, 0.15) is 6.54 Å². The Bertz CT molecular complexity index is 530. The number of nitrogens with zero attached hydrogens (tertiary/aromatic N) is 1. The van der Waals surface area contributed by atoms with E-state index in [1.165, 1.54) is 0 Å². The molecule has 2 saturated carbocycles. The van der Waals surface area contributed by atoms with E-state index >= 15 is 0 Å². The van der Waals surface area contributed by atoms with Crippen molar-refractivity contribution in [3.05, 3.63) is 35.9 Å². The Labute approximate surface area is 124 Å². The third kappa shape index (κ3) is 2.67. The second-order valence-corrected chi connectivity index (χ2v) is 6.21. The maximum atomic E-state index is 13.0. The predicted octanol–water partition coefficient (Wildman–Crippen LogP) is 2.57. The summed E-state index contributed by atoms with van der Waals surface area (Å²) >= 11 is 0. The van der Waals surface area contributed by atoms with E-state index in [1.807, 2.05) is 30.3 Å². The highest BCUT2D eigenvalue weighted by Crippen LogP contribution is 2.50. The molecule has 0 bridgehead atoms. The Morgan fingerprint density at radius 3 is 2.29 bits per heavy atom. The highest BCUT2D eigenvalue weighted by Gasteiger charge is 2.54. The van der Waals surface area contributed by atoms with E-state index in [4.69, 9.17) is 5.11 Å². The van der Waals surface area contributed by atoms with Crippen LogP contribution >= 0.6 is 0 Å².